The monoisotopic (exact) mass is 250 g/mol. The van der Waals surface area contributed by atoms with Crippen LogP contribution in [-0.4, -0.2) is 35.7 Å². The second-order valence-corrected chi connectivity index (χ2v) is 3.39. The molecule has 0 spiro atoms. The predicted octanol–water partition coefficient (Wildman–Crippen LogP) is 1.08. The van der Waals surface area contributed by atoms with E-state index in [1.165, 1.54) is 5.06 Å². The van der Waals surface area contributed by atoms with Gasteiger partial charge in [0.2, 0.25) is 11.9 Å². The van der Waals surface area contributed by atoms with Gasteiger partial charge in [-0.2, -0.15) is 15.0 Å². The summed E-state index contributed by atoms with van der Waals surface area (Å²) in [7, 11) is 3.26. The highest BCUT2D eigenvalue weighted by Crippen LogP contribution is 2.12. The van der Waals surface area contributed by atoms with E-state index in [9.17, 15) is 0 Å². The Morgan fingerprint density at radius 1 is 1.28 bits per heavy atom. The lowest BCUT2D eigenvalue weighted by atomic mass is 10.5. The molecular weight excluding hydrogens is 232 g/mol. The second kappa shape index (κ2) is 7.29. The van der Waals surface area contributed by atoms with Gasteiger partial charge in [-0.15, -0.1) is 0 Å². The van der Waals surface area contributed by atoms with Crippen molar-refractivity contribution in [3.63, 3.8) is 0 Å². The van der Waals surface area contributed by atoms with Crippen LogP contribution in [0, 0.1) is 12.0 Å². The van der Waals surface area contributed by atoms with E-state index in [0.717, 1.165) is 13.0 Å². The topological polar surface area (TPSA) is 75.2 Å². The SMILES string of the molecule is CC#CNc1nc(NCCC)nc(N(C)OC)n1. The second-order valence-electron chi connectivity index (χ2n) is 3.39. The first-order valence-electron chi connectivity index (χ1n) is 5.66. The Morgan fingerprint density at radius 3 is 2.61 bits per heavy atom. The standard InChI is InChI=1S/C11H18N6O/c1-5-7-12-9-14-10(13-8-6-2)16-11(15-9)17(3)18-4/h5,7H2,1-4H3,(H2,12,13,14,15,16). The van der Waals surface area contributed by atoms with Crippen LogP contribution < -0.4 is 15.7 Å². The highest BCUT2D eigenvalue weighted by Gasteiger charge is 2.09. The molecule has 0 fully saturated rings. The Bertz CT molecular complexity index is 439. The van der Waals surface area contributed by atoms with Gasteiger partial charge in [-0.1, -0.05) is 12.8 Å². The maximum Gasteiger partial charge on any atom is 0.256 e. The highest BCUT2D eigenvalue weighted by atomic mass is 16.7. The van der Waals surface area contributed by atoms with Crippen molar-refractivity contribution in [2.24, 2.45) is 0 Å². The van der Waals surface area contributed by atoms with Gasteiger partial charge >= 0.3 is 0 Å². The first kappa shape index (κ1) is 14.0. The molecule has 1 aromatic heterocycles. The molecule has 7 nitrogen and oxygen atoms in total. The molecule has 0 radical (unpaired) electrons. The normalized spacial score (nSPS) is 9.33. The van der Waals surface area contributed by atoms with Crippen LogP contribution in [0.4, 0.5) is 17.8 Å². The first-order chi connectivity index (χ1) is 8.71. The summed E-state index contributed by atoms with van der Waals surface area (Å²) in [6.07, 6.45) is 0.985. The number of hydrogen-bond donors (Lipinski definition) is 2. The number of nitrogens with zero attached hydrogens (tertiary/aromatic N) is 4. The molecule has 7 heteroatoms. The molecule has 0 amide bonds. The van der Waals surface area contributed by atoms with Crippen LogP contribution in [0.25, 0.3) is 0 Å². The first-order valence-corrected chi connectivity index (χ1v) is 5.66. The molecular formula is C11H18N6O. The molecule has 0 bridgehead atoms. The van der Waals surface area contributed by atoms with E-state index in [4.69, 9.17) is 4.84 Å². The van der Waals surface area contributed by atoms with Gasteiger partial charge in [0.25, 0.3) is 5.95 Å². The lowest BCUT2D eigenvalue weighted by molar-refractivity contribution is 0.180. The number of aromatic nitrogens is 3. The van der Waals surface area contributed by atoms with Crippen LogP contribution in [0.3, 0.4) is 0 Å². The molecule has 1 rings (SSSR count). The average Bonchev–Trinajstić information content (AvgIpc) is 2.41. The fourth-order valence-corrected chi connectivity index (χ4v) is 1.08. The van der Waals surface area contributed by atoms with E-state index in [1.807, 2.05) is 0 Å². The maximum absolute atomic E-state index is 5.04. The summed E-state index contributed by atoms with van der Waals surface area (Å²) < 4.78 is 0. The van der Waals surface area contributed by atoms with Crippen molar-refractivity contribution in [2.75, 3.05) is 36.4 Å². The van der Waals surface area contributed by atoms with E-state index >= 15 is 0 Å². The summed E-state index contributed by atoms with van der Waals surface area (Å²) in [5.74, 6) is 4.00. The number of rotatable bonds is 6. The Labute approximate surface area is 107 Å². The van der Waals surface area contributed by atoms with Gasteiger partial charge in [-0.25, -0.2) is 5.06 Å². The van der Waals surface area contributed by atoms with Crippen LogP contribution in [0.1, 0.15) is 20.3 Å². The summed E-state index contributed by atoms with van der Waals surface area (Å²) in [5.41, 5.74) is 0. The smallest absolute Gasteiger partial charge is 0.256 e. The fourth-order valence-electron chi connectivity index (χ4n) is 1.08. The molecule has 0 atom stereocenters. The summed E-state index contributed by atoms with van der Waals surface area (Å²) in [6.45, 7) is 4.59. The van der Waals surface area contributed by atoms with Gasteiger partial charge in [-0.05, 0) is 13.3 Å². The van der Waals surface area contributed by atoms with Crippen LogP contribution >= 0.6 is 0 Å². The van der Waals surface area contributed by atoms with Crippen molar-refractivity contribution in [2.45, 2.75) is 20.3 Å². The molecule has 2 N–H and O–H groups in total. The molecule has 0 unspecified atom stereocenters. The van der Waals surface area contributed by atoms with Crippen LogP contribution in [0.5, 0.6) is 0 Å². The van der Waals surface area contributed by atoms with Gasteiger partial charge in [0.1, 0.15) is 0 Å². The maximum atomic E-state index is 5.04. The van der Waals surface area contributed by atoms with E-state index < -0.39 is 0 Å². The minimum absolute atomic E-state index is 0.386. The number of hydrogen-bond acceptors (Lipinski definition) is 7. The molecule has 0 aliphatic heterocycles. The minimum Gasteiger partial charge on any atom is -0.354 e. The molecule has 1 aromatic rings. The van der Waals surface area contributed by atoms with Gasteiger partial charge < -0.3 is 5.32 Å². The van der Waals surface area contributed by atoms with Crippen molar-refractivity contribution < 1.29 is 4.84 Å². The Balaban J connectivity index is 2.97. The lowest BCUT2D eigenvalue weighted by Gasteiger charge is -2.14. The predicted molar refractivity (Wildman–Crippen MR) is 71.1 cm³/mol. The van der Waals surface area contributed by atoms with E-state index in [0.29, 0.717) is 17.8 Å². The van der Waals surface area contributed by atoms with Crippen LogP contribution in [0.15, 0.2) is 0 Å². The van der Waals surface area contributed by atoms with Gasteiger partial charge in [0.15, 0.2) is 0 Å². The van der Waals surface area contributed by atoms with Crippen molar-refractivity contribution in [1.82, 2.24) is 15.0 Å². The third-order valence-corrected chi connectivity index (χ3v) is 2.01. The highest BCUT2D eigenvalue weighted by molar-refractivity contribution is 5.44. The summed E-state index contributed by atoms with van der Waals surface area (Å²) >= 11 is 0. The molecule has 0 saturated heterocycles. The summed E-state index contributed by atoms with van der Waals surface area (Å²) in [4.78, 5) is 17.6. The Kier molecular flexibility index (Phi) is 5.67. The molecule has 0 aliphatic carbocycles. The zero-order valence-corrected chi connectivity index (χ0v) is 11.1. The van der Waals surface area contributed by atoms with Crippen LogP contribution in [0.2, 0.25) is 0 Å². The number of nitrogens with one attached hydrogen (secondary N) is 2. The molecule has 18 heavy (non-hydrogen) atoms. The number of hydroxylamine groups is 1. The Hall–Kier alpha value is -2.07. The fraction of sp³-hybridized carbons (Fsp3) is 0.545. The van der Waals surface area contributed by atoms with Crippen molar-refractivity contribution in [3.05, 3.63) is 0 Å². The third-order valence-electron chi connectivity index (χ3n) is 2.01. The van der Waals surface area contributed by atoms with E-state index in [1.54, 1.807) is 21.1 Å². The summed E-state index contributed by atoms with van der Waals surface area (Å²) in [5, 5.41) is 7.33. The van der Waals surface area contributed by atoms with Crippen molar-refractivity contribution in [1.29, 1.82) is 0 Å². The largest absolute Gasteiger partial charge is 0.354 e. The molecule has 0 saturated carbocycles. The zero-order chi connectivity index (χ0) is 13.4. The van der Waals surface area contributed by atoms with Crippen molar-refractivity contribution in [3.8, 4) is 12.0 Å². The molecule has 98 valence electrons. The quantitative estimate of drug-likeness (QED) is 0.444. The average molecular weight is 250 g/mol. The third kappa shape index (κ3) is 4.07. The van der Waals surface area contributed by atoms with Gasteiger partial charge in [0, 0.05) is 19.6 Å². The Morgan fingerprint density at radius 2 is 2.00 bits per heavy atom. The van der Waals surface area contributed by atoms with Gasteiger partial charge in [0.05, 0.1) is 7.11 Å². The molecule has 0 aliphatic rings. The van der Waals surface area contributed by atoms with Gasteiger partial charge in [-0.3, -0.25) is 10.2 Å². The van der Waals surface area contributed by atoms with E-state index in [2.05, 4.69) is 44.5 Å². The molecule has 0 aromatic carbocycles. The molecule has 1 heterocycles. The van der Waals surface area contributed by atoms with Crippen LogP contribution in [-0.2, 0) is 4.84 Å². The van der Waals surface area contributed by atoms with Crippen molar-refractivity contribution >= 4 is 17.8 Å². The zero-order valence-electron chi connectivity index (χ0n) is 11.1. The summed E-state index contributed by atoms with van der Waals surface area (Å²) in [6, 6.07) is 2.69. The number of anilines is 3. The van der Waals surface area contributed by atoms with E-state index in [-0.39, 0.29) is 0 Å². The lowest BCUT2D eigenvalue weighted by Crippen LogP contribution is -2.20. The minimum atomic E-state index is 0.386.